The van der Waals surface area contributed by atoms with Gasteiger partial charge in [-0.05, 0) is 61.4 Å². The van der Waals surface area contributed by atoms with Crippen LogP contribution in [-0.4, -0.2) is 32.1 Å². The number of amides is 1. The molecule has 1 saturated heterocycles. The molecular weight excluding hydrogens is 362 g/mol. The summed E-state index contributed by atoms with van der Waals surface area (Å²) in [5.41, 5.74) is 2.83. The highest BCUT2D eigenvalue weighted by atomic mass is 35.5. The van der Waals surface area contributed by atoms with Crippen molar-refractivity contribution in [1.29, 1.82) is 0 Å². The summed E-state index contributed by atoms with van der Waals surface area (Å²) in [7, 11) is 0. The van der Waals surface area contributed by atoms with Crippen LogP contribution in [0, 0.1) is 6.92 Å². The summed E-state index contributed by atoms with van der Waals surface area (Å²) in [6, 6.07) is 13.3. The first-order valence-electron chi connectivity index (χ1n) is 8.91. The van der Waals surface area contributed by atoms with Gasteiger partial charge in [-0.3, -0.25) is 4.79 Å². The molecule has 1 fully saturated rings. The fourth-order valence-corrected chi connectivity index (χ4v) is 3.29. The van der Waals surface area contributed by atoms with Gasteiger partial charge in [0.15, 0.2) is 5.82 Å². The molecule has 0 aliphatic carbocycles. The van der Waals surface area contributed by atoms with Gasteiger partial charge < -0.3 is 10.2 Å². The Morgan fingerprint density at radius 2 is 2.00 bits per heavy atom. The van der Waals surface area contributed by atoms with Crippen molar-refractivity contribution >= 4 is 29.0 Å². The Hall–Kier alpha value is -2.86. The van der Waals surface area contributed by atoms with Crippen LogP contribution in [0.4, 0.5) is 11.5 Å². The molecule has 1 amide bonds. The number of rotatable bonds is 5. The summed E-state index contributed by atoms with van der Waals surface area (Å²) in [6.45, 7) is 3.32. The maximum atomic E-state index is 12.0. The van der Waals surface area contributed by atoms with Crippen molar-refractivity contribution in [2.24, 2.45) is 0 Å². The predicted octanol–water partition coefficient (Wildman–Crippen LogP) is 4.10. The summed E-state index contributed by atoms with van der Waals surface area (Å²) < 4.78 is 1.75. The molecule has 27 heavy (non-hydrogen) atoms. The smallest absolute Gasteiger partial charge is 0.222 e. The van der Waals surface area contributed by atoms with Crippen molar-refractivity contribution < 1.29 is 4.79 Å². The monoisotopic (exact) mass is 381 g/mol. The van der Waals surface area contributed by atoms with Crippen LogP contribution in [0.1, 0.15) is 24.1 Å². The molecule has 3 heterocycles. The molecule has 0 bridgehead atoms. The van der Waals surface area contributed by atoms with Gasteiger partial charge in [0.2, 0.25) is 5.91 Å². The van der Waals surface area contributed by atoms with Crippen LogP contribution in [0.25, 0.3) is 5.82 Å². The second-order valence-electron chi connectivity index (χ2n) is 6.67. The molecule has 0 atom stereocenters. The lowest BCUT2D eigenvalue weighted by Gasteiger charge is -2.17. The SMILES string of the molecule is Cc1ccn(-c2cc(CN3CCCC3=O)cc(Nc3ccc(Cl)cc3)n2)n1. The average Bonchev–Trinajstić information content (AvgIpc) is 3.26. The number of aryl methyl sites for hydroxylation is 1. The number of benzene rings is 1. The Kier molecular flexibility index (Phi) is 4.81. The first-order chi connectivity index (χ1) is 13.1. The van der Waals surface area contributed by atoms with Gasteiger partial charge in [-0.1, -0.05) is 11.6 Å². The van der Waals surface area contributed by atoms with Crippen LogP contribution >= 0.6 is 11.6 Å². The minimum Gasteiger partial charge on any atom is -0.340 e. The van der Waals surface area contributed by atoms with Crippen LogP contribution < -0.4 is 5.32 Å². The Morgan fingerprint density at radius 3 is 2.67 bits per heavy atom. The van der Waals surface area contributed by atoms with Gasteiger partial charge in [-0.25, -0.2) is 9.67 Å². The predicted molar refractivity (Wildman–Crippen MR) is 105 cm³/mol. The van der Waals surface area contributed by atoms with Gasteiger partial charge in [-0.15, -0.1) is 0 Å². The molecule has 3 aromatic rings. The van der Waals surface area contributed by atoms with Crippen molar-refractivity contribution in [1.82, 2.24) is 19.7 Å². The maximum absolute atomic E-state index is 12.0. The van der Waals surface area contributed by atoms with Crippen molar-refractivity contribution in [2.45, 2.75) is 26.3 Å². The van der Waals surface area contributed by atoms with E-state index in [0.29, 0.717) is 29.6 Å². The zero-order chi connectivity index (χ0) is 18.8. The fraction of sp³-hybridized carbons (Fsp3) is 0.250. The van der Waals surface area contributed by atoms with E-state index >= 15 is 0 Å². The van der Waals surface area contributed by atoms with E-state index in [4.69, 9.17) is 11.6 Å². The standard InChI is InChI=1S/C20H20ClN5O/c1-14-8-10-26(24-14)19-12-15(13-25-9-2-3-20(25)27)11-18(23-19)22-17-6-4-16(21)5-7-17/h4-8,10-12H,2-3,9,13H2,1H3,(H,22,23). The van der Waals surface area contributed by atoms with Gasteiger partial charge in [0, 0.05) is 36.4 Å². The van der Waals surface area contributed by atoms with Gasteiger partial charge in [-0.2, -0.15) is 5.10 Å². The zero-order valence-corrected chi connectivity index (χ0v) is 15.8. The maximum Gasteiger partial charge on any atom is 0.222 e. The summed E-state index contributed by atoms with van der Waals surface area (Å²) in [4.78, 5) is 18.6. The number of carbonyl (C=O) groups is 1. The van der Waals surface area contributed by atoms with Crippen LogP contribution in [0.15, 0.2) is 48.7 Å². The summed E-state index contributed by atoms with van der Waals surface area (Å²) in [5.74, 6) is 1.61. The van der Waals surface area contributed by atoms with Crippen molar-refractivity contribution in [3.8, 4) is 5.82 Å². The van der Waals surface area contributed by atoms with Crippen molar-refractivity contribution in [3.63, 3.8) is 0 Å². The van der Waals surface area contributed by atoms with Crippen LogP contribution in [0.3, 0.4) is 0 Å². The molecule has 0 saturated carbocycles. The van der Waals surface area contributed by atoms with Gasteiger partial charge in [0.25, 0.3) is 0 Å². The lowest BCUT2D eigenvalue weighted by Crippen LogP contribution is -2.24. The van der Waals surface area contributed by atoms with E-state index in [9.17, 15) is 4.79 Å². The molecule has 138 valence electrons. The third kappa shape index (κ3) is 4.11. The van der Waals surface area contributed by atoms with Gasteiger partial charge >= 0.3 is 0 Å². The topological polar surface area (TPSA) is 63.1 Å². The Labute approximate surface area is 162 Å². The number of hydrogen-bond acceptors (Lipinski definition) is 4. The first-order valence-corrected chi connectivity index (χ1v) is 9.28. The second kappa shape index (κ2) is 7.40. The van der Waals surface area contributed by atoms with E-state index in [1.54, 1.807) is 4.68 Å². The Balaban J connectivity index is 1.67. The minimum absolute atomic E-state index is 0.204. The summed E-state index contributed by atoms with van der Waals surface area (Å²) in [5, 5.41) is 8.45. The molecule has 0 radical (unpaired) electrons. The van der Waals surface area contributed by atoms with E-state index in [-0.39, 0.29) is 5.91 Å². The number of likely N-dealkylation sites (tertiary alicyclic amines) is 1. The summed E-state index contributed by atoms with van der Waals surface area (Å²) >= 11 is 5.96. The highest BCUT2D eigenvalue weighted by Crippen LogP contribution is 2.22. The Bertz CT molecular complexity index is 967. The fourth-order valence-electron chi connectivity index (χ4n) is 3.16. The van der Waals surface area contributed by atoms with E-state index in [0.717, 1.165) is 29.9 Å². The molecule has 7 heteroatoms. The molecule has 6 nitrogen and oxygen atoms in total. The molecule has 0 unspecified atom stereocenters. The number of anilines is 2. The quantitative estimate of drug-likeness (QED) is 0.722. The minimum atomic E-state index is 0.204. The zero-order valence-electron chi connectivity index (χ0n) is 15.0. The molecular formula is C20H20ClN5O. The first kappa shape index (κ1) is 17.5. The highest BCUT2D eigenvalue weighted by molar-refractivity contribution is 6.30. The lowest BCUT2D eigenvalue weighted by atomic mass is 10.2. The number of nitrogens with zero attached hydrogens (tertiary/aromatic N) is 4. The average molecular weight is 382 g/mol. The molecule has 4 rings (SSSR count). The number of pyridine rings is 1. The van der Waals surface area contributed by atoms with Crippen LogP contribution in [0.2, 0.25) is 5.02 Å². The number of halogens is 1. The van der Waals surface area contributed by atoms with Crippen LogP contribution in [0.5, 0.6) is 0 Å². The molecule has 1 aliphatic heterocycles. The molecule has 0 spiro atoms. The van der Waals surface area contributed by atoms with E-state index in [1.165, 1.54) is 0 Å². The number of nitrogens with one attached hydrogen (secondary N) is 1. The van der Waals surface area contributed by atoms with Crippen LogP contribution in [-0.2, 0) is 11.3 Å². The third-order valence-electron chi connectivity index (χ3n) is 4.49. The molecule has 1 aromatic carbocycles. The van der Waals surface area contributed by atoms with Gasteiger partial charge in [0.1, 0.15) is 5.82 Å². The third-order valence-corrected chi connectivity index (χ3v) is 4.74. The second-order valence-corrected chi connectivity index (χ2v) is 7.11. The lowest BCUT2D eigenvalue weighted by molar-refractivity contribution is -0.128. The van der Waals surface area contributed by atoms with E-state index in [2.05, 4.69) is 15.4 Å². The summed E-state index contributed by atoms with van der Waals surface area (Å²) in [6.07, 6.45) is 3.44. The largest absolute Gasteiger partial charge is 0.340 e. The number of hydrogen-bond donors (Lipinski definition) is 1. The molecule has 1 aliphatic rings. The number of carbonyl (C=O) groups excluding carboxylic acids is 1. The van der Waals surface area contributed by atoms with E-state index in [1.807, 2.05) is 60.5 Å². The van der Waals surface area contributed by atoms with E-state index < -0.39 is 0 Å². The highest BCUT2D eigenvalue weighted by Gasteiger charge is 2.20. The Morgan fingerprint density at radius 1 is 1.19 bits per heavy atom. The normalized spacial score (nSPS) is 14.0. The van der Waals surface area contributed by atoms with Crippen molar-refractivity contribution in [3.05, 3.63) is 64.9 Å². The number of aromatic nitrogens is 3. The molecule has 1 N–H and O–H groups in total. The molecule has 2 aromatic heterocycles. The van der Waals surface area contributed by atoms with Gasteiger partial charge in [0.05, 0.1) is 5.69 Å². The van der Waals surface area contributed by atoms with Crippen molar-refractivity contribution in [2.75, 3.05) is 11.9 Å².